The minimum atomic E-state index is -1.12. The van der Waals surface area contributed by atoms with Gasteiger partial charge in [0.25, 0.3) is 0 Å². The number of rotatable bonds is 3. The molecule has 3 atom stereocenters. The molecule has 0 radical (unpaired) electrons. The molecule has 1 unspecified atom stereocenters. The first kappa shape index (κ1) is 8.53. The Kier molecular flexibility index (Phi) is 2.00. The van der Waals surface area contributed by atoms with Gasteiger partial charge in [-0.3, -0.25) is 9.59 Å². The smallest absolute Gasteiger partial charge is 0.307 e. The Morgan fingerprint density at radius 1 is 1.25 bits per heavy atom. The summed E-state index contributed by atoms with van der Waals surface area (Å²) < 4.78 is 0. The third-order valence-electron chi connectivity index (χ3n) is 2.07. The van der Waals surface area contributed by atoms with Crippen LogP contribution in [0.15, 0.2) is 0 Å². The van der Waals surface area contributed by atoms with Gasteiger partial charge < -0.3 is 10.2 Å². The van der Waals surface area contributed by atoms with Crippen LogP contribution in [0.3, 0.4) is 0 Å². The van der Waals surface area contributed by atoms with Crippen molar-refractivity contribution in [1.82, 2.24) is 0 Å². The number of carboxylic acid groups (broad SMARTS) is 2. The maximum atomic E-state index is 10.4. The Hall–Kier alpha value is -1.57. The summed E-state index contributed by atoms with van der Waals surface area (Å²) in [6, 6.07) is 1.77. The maximum Gasteiger partial charge on any atom is 0.307 e. The number of nitriles is 1. The molecule has 1 saturated carbocycles. The molecular weight excluding hydrogens is 162 g/mol. The van der Waals surface area contributed by atoms with Crippen LogP contribution < -0.4 is 0 Å². The third-order valence-corrected chi connectivity index (χ3v) is 2.07. The molecule has 1 rings (SSSR count). The lowest BCUT2D eigenvalue weighted by Crippen LogP contribution is -2.05. The van der Waals surface area contributed by atoms with E-state index in [4.69, 9.17) is 15.5 Å². The molecule has 1 fully saturated rings. The lowest BCUT2D eigenvalue weighted by atomic mass is 10.2. The summed E-state index contributed by atoms with van der Waals surface area (Å²) in [6.07, 6.45) is 0.00787. The van der Waals surface area contributed by atoms with Crippen molar-refractivity contribution in [2.45, 2.75) is 6.42 Å². The van der Waals surface area contributed by atoms with Crippen LogP contribution in [-0.4, -0.2) is 22.2 Å². The van der Waals surface area contributed by atoms with Crippen molar-refractivity contribution < 1.29 is 19.8 Å². The van der Waals surface area contributed by atoms with Crippen LogP contribution in [0.1, 0.15) is 6.42 Å². The van der Waals surface area contributed by atoms with Gasteiger partial charge in [-0.05, 0) is 0 Å². The molecule has 0 aromatic carbocycles. The Bertz CT molecular complexity index is 247. The van der Waals surface area contributed by atoms with E-state index in [2.05, 4.69) is 0 Å². The molecule has 0 amide bonds. The zero-order valence-corrected chi connectivity index (χ0v) is 6.10. The van der Waals surface area contributed by atoms with Gasteiger partial charge in [0.05, 0.1) is 17.9 Å². The van der Waals surface area contributed by atoms with Crippen LogP contribution in [0.4, 0.5) is 0 Å². The van der Waals surface area contributed by atoms with Gasteiger partial charge in [-0.25, -0.2) is 0 Å². The van der Waals surface area contributed by atoms with Crippen molar-refractivity contribution in [3.63, 3.8) is 0 Å². The lowest BCUT2D eigenvalue weighted by Gasteiger charge is -1.84. The van der Waals surface area contributed by atoms with Crippen LogP contribution in [0.2, 0.25) is 0 Å². The monoisotopic (exact) mass is 169 g/mol. The van der Waals surface area contributed by atoms with Crippen molar-refractivity contribution in [3.8, 4) is 6.07 Å². The van der Waals surface area contributed by atoms with E-state index >= 15 is 0 Å². The van der Waals surface area contributed by atoms with E-state index in [0.29, 0.717) is 0 Å². The van der Waals surface area contributed by atoms with E-state index < -0.39 is 29.7 Å². The van der Waals surface area contributed by atoms with Crippen LogP contribution in [0.25, 0.3) is 0 Å². The molecule has 5 nitrogen and oxygen atoms in total. The van der Waals surface area contributed by atoms with Gasteiger partial charge in [-0.1, -0.05) is 0 Å². The summed E-state index contributed by atoms with van der Waals surface area (Å²) in [7, 11) is 0. The van der Waals surface area contributed by atoms with E-state index in [9.17, 15) is 9.59 Å². The molecule has 1 aliphatic carbocycles. The molecule has 0 spiro atoms. The van der Waals surface area contributed by atoms with Crippen LogP contribution >= 0.6 is 0 Å². The fourth-order valence-electron chi connectivity index (χ4n) is 1.41. The molecule has 0 aromatic heterocycles. The van der Waals surface area contributed by atoms with Gasteiger partial charge in [-0.2, -0.15) is 5.26 Å². The Morgan fingerprint density at radius 3 is 1.92 bits per heavy atom. The SMILES string of the molecule is N#CCC1[C@@H](C(=O)O)[C@H]1C(=O)O. The van der Waals surface area contributed by atoms with Crippen molar-refractivity contribution in [2.24, 2.45) is 17.8 Å². The second-order valence-corrected chi connectivity index (χ2v) is 2.75. The summed E-state index contributed by atoms with van der Waals surface area (Å²) in [6.45, 7) is 0. The highest BCUT2D eigenvalue weighted by Gasteiger charge is 2.59. The van der Waals surface area contributed by atoms with Gasteiger partial charge in [0, 0.05) is 12.3 Å². The van der Waals surface area contributed by atoms with Gasteiger partial charge in [0.15, 0.2) is 0 Å². The first-order valence-corrected chi connectivity index (χ1v) is 3.42. The topological polar surface area (TPSA) is 98.4 Å². The minimum Gasteiger partial charge on any atom is -0.481 e. The van der Waals surface area contributed by atoms with E-state index in [0.717, 1.165) is 0 Å². The average Bonchev–Trinajstić information content (AvgIpc) is 2.63. The highest BCUT2D eigenvalue weighted by Crippen LogP contribution is 2.48. The van der Waals surface area contributed by atoms with Crippen molar-refractivity contribution in [3.05, 3.63) is 0 Å². The summed E-state index contributed by atoms with van der Waals surface area (Å²) in [5.74, 6) is -4.46. The lowest BCUT2D eigenvalue weighted by molar-refractivity contribution is -0.144. The predicted octanol–water partition coefficient (Wildman–Crippen LogP) is -0.0685. The molecular formula is C7H7NO4. The molecule has 12 heavy (non-hydrogen) atoms. The summed E-state index contributed by atoms with van der Waals surface area (Å²) in [5, 5.41) is 25.2. The first-order valence-electron chi connectivity index (χ1n) is 3.42. The number of hydrogen-bond acceptors (Lipinski definition) is 3. The van der Waals surface area contributed by atoms with E-state index in [1.54, 1.807) is 6.07 Å². The van der Waals surface area contributed by atoms with Crippen molar-refractivity contribution in [2.75, 3.05) is 0 Å². The van der Waals surface area contributed by atoms with Crippen LogP contribution in [0, 0.1) is 29.1 Å². The second-order valence-electron chi connectivity index (χ2n) is 2.75. The summed E-state index contributed by atoms with van der Waals surface area (Å²) in [5.41, 5.74) is 0. The molecule has 0 bridgehead atoms. The van der Waals surface area contributed by atoms with Gasteiger partial charge >= 0.3 is 11.9 Å². The van der Waals surface area contributed by atoms with Gasteiger partial charge in [0.1, 0.15) is 0 Å². The number of hydrogen-bond donors (Lipinski definition) is 2. The molecule has 0 heterocycles. The van der Waals surface area contributed by atoms with E-state index in [1.807, 2.05) is 0 Å². The molecule has 64 valence electrons. The molecule has 5 heteroatoms. The minimum absolute atomic E-state index is 0.00787. The Balaban J connectivity index is 2.62. The van der Waals surface area contributed by atoms with Crippen LogP contribution in [-0.2, 0) is 9.59 Å². The number of carbonyl (C=O) groups is 2. The normalized spacial score (nSPS) is 32.1. The summed E-state index contributed by atoms with van der Waals surface area (Å²) in [4.78, 5) is 20.8. The number of nitrogens with zero attached hydrogens (tertiary/aromatic N) is 1. The van der Waals surface area contributed by atoms with Crippen LogP contribution in [0.5, 0.6) is 0 Å². The highest BCUT2D eigenvalue weighted by atomic mass is 16.4. The molecule has 0 aromatic rings. The Labute approximate surface area is 68.2 Å². The van der Waals surface area contributed by atoms with Gasteiger partial charge in [0.2, 0.25) is 0 Å². The molecule has 0 aliphatic heterocycles. The standard InChI is InChI=1S/C7H7NO4/c8-2-1-3-4(6(9)10)5(3)7(11)12/h3-5H,1H2,(H,9,10)(H,11,12)/t3?,4-,5+. The highest BCUT2D eigenvalue weighted by molar-refractivity contribution is 5.86. The average molecular weight is 169 g/mol. The third kappa shape index (κ3) is 1.23. The second kappa shape index (κ2) is 2.81. The maximum absolute atomic E-state index is 10.4. The molecule has 2 N–H and O–H groups in total. The largest absolute Gasteiger partial charge is 0.481 e. The fraction of sp³-hybridized carbons (Fsp3) is 0.571. The predicted molar refractivity (Wildman–Crippen MR) is 36.0 cm³/mol. The number of carboxylic acids is 2. The molecule has 0 saturated heterocycles. The summed E-state index contributed by atoms with van der Waals surface area (Å²) >= 11 is 0. The zero-order valence-electron chi connectivity index (χ0n) is 6.10. The Morgan fingerprint density at radius 2 is 1.67 bits per heavy atom. The van der Waals surface area contributed by atoms with E-state index in [-0.39, 0.29) is 6.42 Å². The quantitative estimate of drug-likeness (QED) is 0.616. The van der Waals surface area contributed by atoms with E-state index in [1.165, 1.54) is 0 Å². The number of aliphatic carboxylic acids is 2. The zero-order chi connectivity index (χ0) is 9.30. The fourth-order valence-corrected chi connectivity index (χ4v) is 1.41. The van der Waals surface area contributed by atoms with Crippen molar-refractivity contribution in [1.29, 1.82) is 5.26 Å². The van der Waals surface area contributed by atoms with Crippen molar-refractivity contribution >= 4 is 11.9 Å². The first-order chi connectivity index (χ1) is 5.59. The van der Waals surface area contributed by atoms with Gasteiger partial charge in [-0.15, -0.1) is 0 Å². The molecule has 1 aliphatic rings.